The number of benzene rings is 1. The van der Waals surface area contributed by atoms with Crippen molar-refractivity contribution in [2.24, 2.45) is 5.92 Å². The molecule has 0 aromatic heterocycles. The van der Waals surface area contributed by atoms with Gasteiger partial charge in [0, 0.05) is 18.6 Å². The van der Waals surface area contributed by atoms with Crippen LogP contribution >= 0.6 is 11.6 Å². The normalized spacial score (nSPS) is 11.8. The van der Waals surface area contributed by atoms with E-state index in [1.165, 1.54) is 4.90 Å². The van der Waals surface area contributed by atoms with Crippen LogP contribution in [-0.4, -0.2) is 42.1 Å². The number of carboxylic acids is 1. The maximum Gasteiger partial charge on any atom is 0.308 e. The number of amides is 1. The Hall–Kier alpha value is -1.75. The Morgan fingerprint density at radius 1 is 1.45 bits per heavy atom. The van der Waals surface area contributed by atoms with Crippen molar-refractivity contribution in [2.75, 3.05) is 20.2 Å². The van der Waals surface area contributed by atoms with Crippen molar-refractivity contribution >= 4 is 23.5 Å². The highest BCUT2D eigenvalue weighted by molar-refractivity contribution is 6.30. The molecule has 6 heteroatoms. The standard InChI is InChI=1S/C14H18ClNO4/c1-10(14(18)19)9-16(2)13(17)6-7-20-12-5-3-4-11(15)8-12/h3-5,8,10H,6-7,9H2,1-2H3,(H,18,19). The molecule has 1 amide bonds. The molecule has 5 nitrogen and oxygen atoms in total. The van der Waals surface area contributed by atoms with Gasteiger partial charge >= 0.3 is 5.97 Å². The lowest BCUT2D eigenvalue weighted by Crippen LogP contribution is -2.34. The highest BCUT2D eigenvalue weighted by Gasteiger charge is 2.17. The Morgan fingerprint density at radius 2 is 2.15 bits per heavy atom. The summed E-state index contributed by atoms with van der Waals surface area (Å²) < 4.78 is 5.41. The molecule has 0 saturated heterocycles. The lowest BCUT2D eigenvalue weighted by Gasteiger charge is -2.19. The van der Waals surface area contributed by atoms with Gasteiger partial charge in [-0.1, -0.05) is 24.6 Å². The third-order valence-corrected chi connectivity index (χ3v) is 3.01. The van der Waals surface area contributed by atoms with Crippen molar-refractivity contribution in [1.29, 1.82) is 0 Å². The van der Waals surface area contributed by atoms with Gasteiger partial charge < -0.3 is 14.7 Å². The lowest BCUT2D eigenvalue weighted by atomic mass is 10.2. The molecule has 1 atom stereocenters. The van der Waals surface area contributed by atoms with Crippen LogP contribution in [0, 0.1) is 5.92 Å². The first kappa shape index (κ1) is 16.3. The maximum atomic E-state index is 11.8. The van der Waals surface area contributed by atoms with Gasteiger partial charge in [-0.05, 0) is 18.2 Å². The highest BCUT2D eigenvalue weighted by Crippen LogP contribution is 2.17. The molecule has 1 unspecified atom stereocenters. The van der Waals surface area contributed by atoms with Crippen molar-refractivity contribution in [3.8, 4) is 5.75 Å². The molecular formula is C14H18ClNO4. The Balaban J connectivity index is 2.34. The maximum absolute atomic E-state index is 11.8. The van der Waals surface area contributed by atoms with E-state index in [1.54, 1.807) is 38.2 Å². The molecule has 0 heterocycles. The number of carbonyl (C=O) groups is 2. The van der Waals surface area contributed by atoms with E-state index < -0.39 is 11.9 Å². The van der Waals surface area contributed by atoms with E-state index in [0.29, 0.717) is 10.8 Å². The van der Waals surface area contributed by atoms with Gasteiger partial charge in [0.25, 0.3) is 0 Å². The van der Waals surface area contributed by atoms with Gasteiger partial charge in [0.1, 0.15) is 5.75 Å². The Labute approximate surface area is 123 Å². The van der Waals surface area contributed by atoms with E-state index in [4.69, 9.17) is 21.4 Å². The number of carbonyl (C=O) groups excluding carboxylic acids is 1. The topological polar surface area (TPSA) is 66.8 Å². The number of hydrogen-bond donors (Lipinski definition) is 1. The van der Waals surface area contributed by atoms with Crippen LogP contribution in [0.3, 0.4) is 0 Å². The molecule has 1 aromatic carbocycles. The van der Waals surface area contributed by atoms with E-state index in [0.717, 1.165) is 0 Å². The van der Waals surface area contributed by atoms with Gasteiger partial charge in [0.15, 0.2) is 0 Å². The molecule has 0 fully saturated rings. The summed E-state index contributed by atoms with van der Waals surface area (Å²) in [6.45, 7) is 1.98. The van der Waals surface area contributed by atoms with Crippen molar-refractivity contribution in [3.05, 3.63) is 29.3 Å². The zero-order valence-corrected chi connectivity index (χ0v) is 12.3. The number of nitrogens with zero attached hydrogens (tertiary/aromatic N) is 1. The second-order valence-electron chi connectivity index (χ2n) is 4.57. The Morgan fingerprint density at radius 3 is 2.75 bits per heavy atom. The summed E-state index contributed by atoms with van der Waals surface area (Å²) in [6, 6.07) is 6.93. The first-order valence-electron chi connectivity index (χ1n) is 6.25. The van der Waals surface area contributed by atoms with Crippen molar-refractivity contribution in [3.63, 3.8) is 0 Å². The van der Waals surface area contributed by atoms with Gasteiger partial charge in [0.05, 0.1) is 18.9 Å². The fourth-order valence-corrected chi connectivity index (χ4v) is 1.77. The van der Waals surface area contributed by atoms with Gasteiger partial charge in [-0.3, -0.25) is 9.59 Å². The van der Waals surface area contributed by atoms with Crippen molar-refractivity contribution < 1.29 is 19.4 Å². The molecule has 1 rings (SSSR count). The predicted molar refractivity (Wildman–Crippen MR) is 76.0 cm³/mol. The zero-order valence-electron chi connectivity index (χ0n) is 11.5. The van der Waals surface area contributed by atoms with E-state index in [9.17, 15) is 9.59 Å². The molecule has 1 aromatic rings. The minimum atomic E-state index is -0.917. The average Bonchev–Trinajstić information content (AvgIpc) is 2.38. The predicted octanol–water partition coefficient (Wildman–Crippen LogP) is 2.29. The number of rotatable bonds is 7. The second kappa shape index (κ2) is 7.75. The quantitative estimate of drug-likeness (QED) is 0.839. The van der Waals surface area contributed by atoms with Crippen LogP contribution < -0.4 is 4.74 Å². The monoisotopic (exact) mass is 299 g/mol. The summed E-state index contributed by atoms with van der Waals surface area (Å²) in [4.78, 5) is 23.9. The second-order valence-corrected chi connectivity index (χ2v) is 5.01. The Kier molecular flexibility index (Phi) is 6.31. The van der Waals surface area contributed by atoms with E-state index in [1.807, 2.05) is 0 Å². The fraction of sp³-hybridized carbons (Fsp3) is 0.429. The molecule has 0 aliphatic rings. The van der Waals surface area contributed by atoms with Gasteiger partial charge in [0.2, 0.25) is 5.91 Å². The summed E-state index contributed by atoms with van der Waals surface area (Å²) >= 11 is 5.81. The summed E-state index contributed by atoms with van der Waals surface area (Å²) in [5.74, 6) is -1.05. The van der Waals surface area contributed by atoms with E-state index >= 15 is 0 Å². The number of halogens is 1. The fourth-order valence-electron chi connectivity index (χ4n) is 1.59. The lowest BCUT2D eigenvalue weighted by molar-refractivity contribution is -0.142. The van der Waals surface area contributed by atoms with Crippen LogP contribution in [0.1, 0.15) is 13.3 Å². The first-order chi connectivity index (χ1) is 9.40. The molecule has 0 aliphatic heterocycles. The zero-order chi connectivity index (χ0) is 15.1. The summed E-state index contributed by atoms with van der Waals surface area (Å²) in [6.07, 6.45) is 0.190. The van der Waals surface area contributed by atoms with Crippen molar-refractivity contribution in [1.82, 2.24) is 4.90 Å². The molecule has 1 N–H and O–H groups in total. The number of carboxylic acid groups (broad SMARTS) is 1. The van der Waals surface area contributed by atoms with E-state index in [2.05, 4.69) is 0 Å². The van der Waals surface area contributed by atoms with E-state index in [-0.39, 0.29) is 25.5 Å². The van der Waals surface area contributed by atoms with Crippen LogP contribution in [0.4, 0.5) is 0 Å². The third-order valence-electron chi connectivity index (χ3n) is 2.78. The largest absolute Gasteiger partial charge is 0.493 e. The molecule has 0 radical (unpaired) electrons. The summed E-state index contributed by atoms with van der Waals surface area (Å²) in [5.41, 5.74) is 0. The van der Waals surface area contributed by atoms with Crippen LogP contribution in [0.25, 0.3) is 0 Å². The minimum Gasteiger partial charge on any atom is -0.493 e. The summed E-state index contributed by atoms with van der Waals surface area (Å²) in [7, 11) is 1.58. The third kappa shape index (κ3) is 5.48. The highest BCUT2D eigenvalue weighted by atomic mass is 35.5. The van der Waals surface area contributed by atoms with Crippen molar-refractivity contribution in [2.45, 2.75) is 13.3 Å². The van der Waals surface area contributed by atoms with Crippen LogP contribution in [0.2, 0.25) is 5.02 Å². The van der Waals surface area contributed by atoms with Crippen LogP contribution in [0.15, 0.2) is 24.3 Å². The number of aliphatic carboxylic acids is 1. The number of hydrogen-bond acceptors (Lipinski definition) is 3. The first-order valence-corrected chi connectivity index (χ1v) is 6.63. The molecule has 0 bridgehead atoms. The molecular weight excluding hydrogens is 282 g/mol. The smallest absolute Gasteiger partial charge is 0.308 e. The Bertz CT molecular complexity index is 478. The van der Waals surface area contributed by atoms with Gasteiger partial charge in [-0.25, -0.2) is 0 Å². The summed E-state index contributed by atoms with van der Waals surface area (Å²) in [5, 5.41) is 9.36. The SMILES string of the molecule is CC(CN(C)C(=O)CCOc1cccc(Cl)c1)C(=O)O. The van der Waals surface area contributed by atoms with Gasteiger partial charge in [-0.15, -0.1) is 0 Å². The molecule has 0 spiro atoms. The molecule has 0 aliphatic carbocycles. The number of ether oxygens (including phenoxy) is 1. The van der Waals surface area contributed by atoms with Gasteiger partial charge in [-0.2, -0.15) is 0 Å². The van der Waals surface area contributed by atoms with Crippen LogP contribution in [0.5, 0.6) is 5.75 Å². The molecule has 0 saturated carbocycles. The van der Waals surface area contributed by atoms with Crippen LogP contribution in [-0.2, 0) is 9.59 Å². The minimum absolute atomic E-state index is 0.153. The molecule has 110 valence electrons. The average molecular weight is 300 g/mol. The molecule has 20 heavy (non-hydrogen) atoms.